The molecule has 0 aliphatic heterocycles. The normalized spacial score (nSPS) is 13.5. The third-order valence-corrected chi connectivity index (χ3v) is 5.08. The molecule has 1 aliphatic rings. The average Bonchev–Trinajstić information content (AvgIpc) is 2.70. The van der Waals surface area contributed by atoms with Gasteiger partial charge in [-0.25, -0.2) is 4.79 Å². The zero-order valence-electron chi connectivity index (χ0n) is 16.4. The Morgan fingerprint density at radius 1 is 0.966 bits per heavy atom. The maximum absolute atomic E-state index is 12.9. The molecular weight excluding hydrogens is 372 g/mol. The third-order valence-electron chi connectivity index (χ3n) is 5.08. The van der Waals surface area contributed by atoms with Gasteiger partial charge in [0.2, 0.25) is 0 Å². The fourth-order valence-electron chi connectivity index (χ4n) is 3.06. The summed E-state index contributed by atoms with van der Waals surface area (Å²) in [5.74, 6) is -1.79. The number of hydrogen-bond acceptors (Lipinski definition) is 6. The van der Waals surface area contributed by atoms with Crippen molar-refractivity contribution in [2.24, 2.45) is 5.92 Å². The van der Waals surface area contributed by atoms with Crippen LogP contribution >= 0.6 is 0 Å². The monoisotopic (exact) mass is 394 g/mol. The molecule has 0 saturated carbocycles. The predicted octanol–water partition coefficient (Wildman–Crippen LogP) is 2.36. The van der Waals surface area contributed by atoms with E-state index >= 15 is 0 Å². The van der Waals surface area contributed by atoms with Gasteiger partial charge in [-0.3, -0.25) is 14.4 Å². The van der Waals surface area contributed by atoms with Crippen molar-refractivity contribution in [2.45, 2.75) is 26.8 Å². The van der Waals surface area contributed by atoms with Gasteiger partial charge in [0.25, 0.3) is 5.91 Å². The summed E-state index contributed by atoms with van der Waals surface area (Å²) in [6.45, 7) is 5.30. The first-order valence-electron chi connectivity index (χ1n) is 9.29. The minimum Gasteiger partial charge on any atom is -0.452 e. The van der Waals surface area contributed by atoms with Crippen LogP contribution in [-0.2, 0) is 9.53 Å². The van der Waals surface area contributed by atoms with Gasteiger partial charge < -0.3 is 15.8 Å². The Hall–Kier alpha value is -3.48. The van der Waals surface area contributed by atoms with Gasteiger partial charge in [0.1, 0.15) is 0 Å². The zero-order valence-corrected chi connectivity index (χ0v) is 16.4. The molecule has 0 bridgehead atoms. The highest BCUT2D eigenvalue weighted by Crippen LogP contribution is 2.32. The van der Waals surface area contributed by atoms with E-state index in [9.17, 15) is 19.2 Å². The van der Waals surface area contributed by atoms with Gasteiger partial charge in [0, 0.05) is 22.7 Å². The average molecular weight is 394 g/mol. The van der Waals surface area contributed by atoms with E-state index in [1.165, 1.54) is 12.1 Å². The Morgan fingerprint density at radius 2 is 1.59 bits per heavy atom. The van der Waals surface area contributed by atoms with Crippen molar-refractivity contribution in [1.82, 2.24) is 5.32 Å². The molecular formula is C22H22N2O5. The summed E-state index contributed by atoms with van der Waals surface area (Å²) < 4.78 is 5.05. The molecule has 1 atom stereocenters. The molecule has 3 rings (SSSR count). The molecule has 29 heavy (non-hydrogen) atoms. The second kappa shape index (κ2) is 7.87. The van der Waals surface area contributed by atoms with Crippen LogP contribution < -0.4 is 11.1 Å². The molecule has 0 saturated heterocycles. The Kier molecular flexibility index (Phi) is 5.50. The number of fused-ring (bicyclic) bond motifs is 2. The summed E-state index contributed by atoms with van der Waals surface area (Å²) in [4.78, 5) is 49.9. The quantitative estimate of drug-likeness (QED) is 0.507. The van der Waals surface area contributed by atoms with Crippen LogP contribution in [0.15, 0.2) is 36.4 Å². The Labute approximate surface area is 168 Å². The first kappa shape index (κ1) is 20.3. The lowest BCUT2D eigenvalue weighted by Gasteiger charge is -2.20. The molecule has 0 spiro atoms. The summed E-state index contributed by atoms with van der Waals surface area (Å²) >= 11 is 0. The summed E-state index contributed by atoms with van der Waals surface area (Å²) in [6.07, 6.45) is 0. The number of ether oxygens (including phenoxy) is 1. The SMILES string of the molecule is CC(C)[C@H](C)NC(=O)COC(=O)c1ccc2c(c1N)C(=O)c1ccccc1C2=O. The fraction of sp³-hybridized carbons (Fsp3) is 0.273. The van der Waals surface area contributed by atoms with Crippen LogP contribution in [0.5, 0.6) is 0 Å². The van der Waals surface area contributed by atoms with Gasteiger partial charge in [-0.2, -0.15) is 0 Å². The molecule has 0 fully saturated rings. The zero-order chi connectivity index (χ0) is 21.3. The Morgan fingerprint density at radius 3 is 2.21 bits per heavy atom. The van der Waals surface area contributed by atoms with Crippen molar-refractivity contribution in [3.8, 4) is 0 Å². The maximum Gasteiger partial charge on any atom is 0.340 e. The highest BCUT2D eigenvalue weighted by Gasteiger charge is 2.33. The van der Waals surface area contributed by atoms with E-state index in [-0.39, 0.29) is 45.7 Å². The van der Waals surface area contributed by atoms with E-state index in [0.29, 0.717) is 5.56 Å². The number of amides is 1. The topological polar surface area (TPSA) is 116 Å². The standard InChI is InChI=1S/C22H22N2O5/c1-11(2)12(3)24-17(25)10-29-22(28)16-9-8-15-18(19(16)23)21(27)14-7-5-4-6-13(14)20(15)26/h4-9,11-12H,10,23H2,1-3H3,(H,24,25)/t12-/m0/s1. The van der Waals surface area contributed by atoms with E-state index in [0.717, 1.165) is 0 Å². The lowest BCUT2D eigenvalue weighted by molar-refractivity contribution is -0.125. The molecule has 2 aromatic carbocycles. The number of nitrogens with two attached hydrogens (primary N) is 1. The molecule has 0 heterocycles. The molecule has 0 unspecified atom stereocenters. The van der Waals surface area contributed by atoms with Crippen molar-refractivity contribution >= 4 is 29.1 Å². The van der Waals surface area contributed by atoms with Crippen molar-refractivity contribution in [3.63, 3.8) is 0 Å². The fourth-order valence-corrected chi connectivity index (χ4v) is 3.06. The summed E-state index contributed by atoms with van der Waals surface area (Å²) in [5, 5.41) is 2.73. The molecule has 1 aliphatic carbocycles. The van der Waals surface area contributed by atoms with E-state index in [2.05, 4.69) is 5.32 Å². The number of rotatable bonds is 5. The van der Waals surface area contributed by atoms with Gasteiger partial charge >= 0.3 is 5.97 Å². The van der Waals surface area contributed by atoms with Gasteiger partial charge in [0.15, 0.2) is 18.2 Å². The first-order valence-corrected chi connectivity index (χ1v) is 9.29. The van der Waals surface area contributed by atoms with Crippen LogP contribution in [0, 0.1) is 5.92 Å². The minimum absolute atomic E-state index is 0.0129. The number of hydrogen-bond donors (Lipinski definition) is 2. The van der Waals surface area contributed by atoms with Crippen LogP contribution in [0.2, 0.25) is 0 Å². The number of benzene rings is 2. The van der Waals surface area contributed by atoms with Gasteiger partial charge in [0.05, 0.1) is 16.8 Å². The minimum atomic E-state index is -0.836. The molecule has 150 valence electrons. The smallest absolute Gasteiger partial charge is 0.340 e. The van der Waals surface area contributed by atoms with E-state index in [1.54, 1.807) is 24.3 Å². The molecule has 0 aromatic heterocycles. The van der Waals surface area contributed by atoms with E-state index < -0.39 is 24.3 Å². The molecule has 7 nitrogen and oxygen atoms in total. The number of nitrogens with one attached hydrogen (secondary N) is 1. The first-order chi connectivity index (χ1) is 13.7. The Bertz CT molecular complexity index is 1030. The molecule has 1 amide bonds. The van der Waals surface area contributed by atoms with Crippen molar-refractivity contribution in [3.05, 3.63) is 64.2 Å². The second-order valence-corrected chi connectivity index (χ2v) is 7.33. The summed E-state index contributed by atoms with van der Waals surface area (Å²) in [5.41, 5.74) is 6.55. The number of esters is 1. The highest BCUT2D eigenvalue weighted by atomic mass is 16.5. The molecule has 0 radical (unpaired) electrons. The predicted molar refractivity (Wildman–Crippen MR) is 107 cm³/mol. The number of carbonyl (C=O) groups excluding carboxylic acids is 4. The highest BCUT2D eigenvalue weighted by molar-refractivity contribution is 6.30. The van der Waals surface area contributed by atoms with Crippen LogP contribution in [0.3, 0.4) is 0 Å². The van der Waals surface area contributed by atoms with Crippen LogP contribution in [0.1, 0.15) is 63.0 Å². The van der Waals surface area contributed by atoms with Crippen molar-refractivity contribution in [2.75, 3.05) is 12.3 Å². The number of carbonyl (C=O) groups is 4. The number of nitrogen functional groups attached to an aromatic ring is 1. The van der Waals surface area contributed by atoms with Gasteiger partial charge in [-0.05, 0) is 25.0 Å². The van der Waals surface area contributed by atoms with Crippen molar-refractivity contribution in [1.29, 1.82) is 0 Å². The maximum atomic E-state index is 12.9. The van der Waals surface area contributed by atoms with Gasteiger partial charge in [-0.15, -0.1) is 0 Å². The van der Waals surface area contributed by atoms with Gasteiger partial charge in [-0.1, -0.05) is 38.1 Å². The lowest BCUT2D eigenvalue weighted by atomic mass is 9.82. The number of anilines is 1. The molecule has 2 aromatic rings. The van der Waals surface area contributed by atoms with Crippen LogP contribution in [0.25, 0.3) is 0 Å². The summed E-state index contributed by atoms with van der Waals surface area (Å²) in [6, 6.07) is 9.11. The molecule has 7 heteroatoms. The van der Waals surface area contributed by atoms with Crippen LogP contribution in [0.4, 0.5) is 5.69 Å². The van der Waals surface area contributed by atoms with Crippen molar-refractivity contribution < 1.29 is 23.9 Å². The third kappa shape index (κ3) is 3.76. The summed E-state index contributed by atoms with van der Waals surface area (Å²) in [7, 11) is 0. The second-order valence-electron chi connectivity index (χ2n) is 7.33. The van der Waals surface area contributed by atoms with E-state index in [4.69, 9.17) is 10.5 Å². The lowest BCUT2D eigenvalue weighted by Crippen LogP contribution is -2.38. The molecule has 3 N–H and O–H groups in total. The van der Waals surface area contributed by atoms with Crippen LogP contribution in [-0.4, -0.2) is 36.1 Å². The van der Waals surface area contributed by atoms with E-state index in [1.807, 2.05) is 20.8 Å². The Balaban J connectivity index is 1.82. The largest absolute Gasteiger partial charge is 0.452 e. The number of ketones is 2.